The number of oxime groups is 1. The summed E-state index contributed by atoms with van der Waals surface area (Å²) in [7, 11) is 0. The largest absolute Gasteiger partial charge is 0.477 e. The van der Waals surface area contributed by atoms with Gasteiger partial charge in [-0.1, -0.05) is 17.8 Å². The first-order chi connectivity index (χ1) is 14.2. The number of carbonyl (C=O) groups excluding carboxylic acids is 3. The van der Waals surface area contributed by atoms with Crippen molar-refractivity contribution in [3.05, 3.63) is 35.0 Å². The second kappa shape index (κ2) is 8.67. The molecular weight excluding hydrogens is 437 g/mol. The number of anilines is 1. The van der Waals surface area contributed by atoms with Crippen LogP contribution >= 0.6 is 23.1 Å². The van der Waals surface area contributed by atoms with Crippen LogP contribution in [0.25, 0.3) is 0 Å². The average Bonchev–Trinajstić information content (AvgIpc) is 3.13. The number of nitrogens with zero attached hydrogens (tertiary/aromatic N) is 3. The van der Waals surface area contributed by atoms with E-state index in [0.717, 1.165) is 16.2 Å². The van der Waals surface area contributed by atoms with Crippen LogP contribution in [0.1, 0.15) is 12.6 Å². The van der Waals surface area contributed by atoms with Gasteiger partial charge in [-0.05, 0) is 12.5 Å². The van der Waals surface area contributed by atoms with Crippen molar-refractivity contribution in [1.82, 2.24) is 15.2 Å². The Balaban J connectivity index is 1.79. The van der Waals surface area contributed by atoms with Crippen molar-refractivity contribution >= 4 is 57.5 Å². The first-order valence-corrected chi connectivity index (χ1v) is 10.4. The number of hydrogen-bond donors (Lipinski definition) is 3. The fourth-order valence-electron chi connectivity index (χ4n) is 2.80. The van der Waals surface area contributed by atoms with Gasteiger partial charge in [0, 0.05) is 11.1 Å². The molecule has 1 fully saturated rings. The van der Waals surface area contributed by atoms with E-state index in [2.05, 4.69) is 22.0 Å². The number of aromatic nitrogens is 1. The van der Waals surface area contributed by atoms with Gasteiger partial charge in [-0.2, -0.15) is 0 Å². The first kappa shape index (κ1) is 21.5. The molecule has 158 valence electrons. The molecule has 1 saturated heterocycles. The highest BCUT2D eigenvalue weighted by Gasteiger charge is 2.54. The predicted molar refractivity (Wildman–Crippen MR) is 110 cm³/mol. The first-order valence-electron chi connectivity index (χ1n) is 8.49. The molecule has 0 saturated carbocycles. The van der Waals surface area contributed by atoms with Crippen molar-refractivity contribution in [1.29, 1.82) is 0 Å². The minimum Gasteiger partial charge on any atom is -0.477 e. The maximum absolute atomic E-state index is 12.8. The maximum atomic E-state index is 12.8. The summed E-state index contributed by atoms with van der Waals surface area (Å²) in [5.41, 5.74) is 5.76. The number of thiazole rings is 1. The Morgan fingerprint density at radius 1 is 1.53 bits per heavy atom. The molecule has 3 rings (SSSR count). The topological polar surface area (TPSA) is 164 Å². The molecule has 2 atom stereocenters. The summed E-state index contributed by atoms with van der Waals surface area (Å²) < 4.78 is 0. The Morgan fingerprint density at radius 2 is 2.27 bits per heavy atom. The molecule has 30 heavy (non-hydrogen) atoms. The number of ketones is 1. The molecule has 13 heteroatoms. The molecule has 0 radical (unpaired) electrons. The normalized spacial score (nSPS) is 20.9. The molecule has 1 aromatic heterocycles. The predicted octanol–water partition coefficient (Wildman–Crippen LogP) is -0.0404. The lowest BCUT2D eigenvalue weighted by atomic mass is 10.0. The molecule has 3 heterocycles. The number of rotatable bonds is 8. The molecule has 2 amide bonds. The Kier molecular flexibility index (Phi) is 6.22. The number of amides is 2. The van der Waals surface area contributed by atoms with Gasteiger partial charge < -0.3 is 21.0 Å². The molecule has 4 N–H and O–H groups in total. The van der Waals surface area contributed by atoms with Crippen LogP contribution < -0.4 is 11.1 Å². The lowest BCUT2D eigenvalue weighted by molar-refractivity contribution is -0.150. The average molecular weight is 454 g/mol. The highest BCUT2D eigenvalue weighted by atomic mass is 32.2. The minimum atomic E-state index is -1.24. The molecule has 0 spiro atoms. The molecule has 0 unspecified atom stereocenters. The SMILES string of the molecule is C=CC1=C(C(=O)O)N2C(=O)[C@@H](NC(=O)/C(=N\OCC(C)=O)c3cs[13c]([15NH2])[15n]3)[C@H]2SC1. The quantitative estimate of drug-likeness (QED) is 0.211. The van der Waals surface area contributed by atoms with Crippen molar-refractivity contribution in [2.45, 2.75) is 18.3 Å². The zero-order valence-corrected chi connectivity index (χ0v) is 17.3. The number of nitrogens with two attached hydrogens (primary N) is 1. The van der Waals surface area contributed by atoms with Crippen molar-refractivity contribution in [3.8, 4) is 0 Å². The Hall–Kier alpha value is -3.19. The van der Waals surface area contributed by atoms with Crippen molar-refractivity contribution in [2.75, 3.05) is 18.1 Å². The number of hydrogen-bond acceptors (Lipinski definition) is 10. The Bertz CT molecular complexity index is 1000. The van der Waals surface area contributed by atoms with E-state index in [0.29, 0.717) is 11.3 Å². The van der Waals surface area contributed by atoms with Gasteiger partial charge in [-0.3, -0.25) is 19.3 Å². The number of β-lactam (4-membered cyclic amide) rings is 1. The summed E-state index contributed by atoms with van der Waals surface area (Å²) in [6, 6.07) is -0.961. The van der Waals surface area contributed by atoms with Crippen LogP contribution in [0.15, 0.2) is 34.5 Å². The molecule has 0 bridgehead atoms. The van der Waals surface area contributed by atoms with Crippen LogP contribution in [0.3, 0.4) is 0 Å². The highest BCUT2D eigenvalue weighted by molar-refractivity contribution is 8.00. The van der Waals surface area contributed by atoms with Crippen LogP contribution in [0.5, 0.6) is 0 Å². The molecule has 0 aromatic carbocycles. The van der Waals surface area contributed by atoms with Gasteiger partial charge in [0.05, 0.1) is 0 Å². The maximum Gasteiger partial charge on any atom is 0.352 e. The van der Waals surface area contributed by atoms with Gasteiger partial charge >= 0.3 is 5.97 Å². The zero-order chi connectivity index (χ0) is 22.0. The summed E-state index contributed by atoms with van der Waals surface area (Å²) in [6.07, 6.45) is 1.40. The second-order valence-corrected chi connectivity index (χ2v) is 8.23. The third-order valence-electron chi connectivity index (χ3n) is 4.14. The minimum absolute atomic E-state index is 0.124. The Labute approximate surface area is 178 Å². The number of Topliss-reactive ketones (excluding diaryl/α,β-unsaturated/α-hetero) is 1. The lowest BCUT2D eigenvalue weighted by Crippen LogP contribution is -2.71. The molecular formula is C17H17N5O6S2. The van der Waals surface area contributed by atoms with Gasteiger partial charge in [-0.25, -0.2) is 9.78 Å². The van der Waals surface area contributed by atoms with E-state index in [4.69, 9.17) is 10.6 Å². The number of nitrogens with one attached hydrogen (secondary N) is 1. The summed E-state index contributed by atoms with van der Waals surface area (Å²) in [6.45, 7) is 4.53. The lowest BCUT2D eigenvalue weighted by Gasteiger charge is -2.49. The molecule has 0 aliphatic carbocycles. The van der Waals surface area contributed by atoms with E-state index in [1.165, 1.54) is 30.1 Å². The fraction of sp³-hybridized carbons (Fsp3) is 0.294. The van der Waals surface area contributed by atoms with Crippen LogP contribution in [0.4, 0.5) is 5.13 Å². The number of carboxylic acid groups (broad SMARTS) is 1. The molecule has 2 aliphatic heterocycles. The molecule has 11 nitrogen and oxygen atoms in total. The third-order valence-corrected chi connectivity index (χ3v) is 6.11. The van der Waals surface area contributed by atoms with Crippen LogP contribution in [0.2, 0.25) is 0 Å². The Morgan fingerprint density at radius 3 is 2.83 bits per heavy atom. The fourth-order valence-corrected chi connectivity index (χ4v) is 4.69. The second-order valence-electron chi connectivity index (χ2n) is 6.23. The van der Waals surface area contributed by atoms with Crippen LogP contribution in [-0.4, -0.2) is 68.0 Å². The van der Waals surface area contributed by atoms with Gasteiger partial charge in [0.25, 0.3) is 11.8 Å². The molecule has 2 aliphatic rings. The standard InChI is InChI=1S/C17H17N5O6S2/c1-3-8-5-29-15-11(14(25)22(15)12(8)16(26)27)20-13(24)10(21-28-4-7(2)23)9-6-30-17(18)19-9/h3,6,11,15H,1,4-5H2,2H3,(H2,18,19)(H,20,24)(H,26,27)/b21-10-/t11-,15-/m1/s1/i17+1,18+1,19+1. The number of fused-ring (bicyclic) bond motifs is 1. The van der Waals surface area contributed by atoms with Crippen molar-refractivity contribution < 1.29 is 29.1 Å². The van der Waals surface area contributed by atoms with Gasteiger partial charge in [0.1, 0.15) is 22.8 Å². The van der Waals surface area contributed by atoms with E-state index in [-0.39, 0.29) is 34.6 Å². The molecule has 1 aromatic rings. The summed E-state index contributed by atoms with van der Waals surface area (Å²) in [5.74, 6) is -2.55. The smallest absolute Gasteiger partial charge is 0.352 e. The van der Waals surface area contributed by atoms with E-state index in [9.17, 15) is 24.3 Å². The van der Waals surface area contributed by atoms with E-state index >= 15 is 0 Å². The highest BCUT2D eigenvalue weighted by Crippen LogP contribution is 2.40. The summed E-state index contributed by atoms with van der Waals surface area (Å²) in [5, 5.41) is 16.8. The van der Waals surface area contributed by atoms with E-state index < -0.39 is 29.2 Å². The number of aliphatic carboxylic acids is 1. The number of allylic oxidation sites excluding steroid dienone is 1. The number of thioether (sulfide) groups is 1. The van der Waals surface area contributed by atoms with Crippen molar-refractivity contribution in [2.24, 2.45) is 5.16 Å². The number of carboxylic acids is 1. The van der Waals surface area contributed by atoms with Gasteiger partial charge in [0.15, 0.2) is 23.2 Å². The van der Waals surface area contributed by atoms with Crippen molar-refractivity contribution in [3.63, 3.8) is 0 Å². The summed E-state index contributed by atoms with van der Waals surface area (Å²) in [4.78, 5) is 58.0. The summed E-state index contributed by atoms with van der Waals surface area (Å²) >= 11 is 2.38. The third kappa shape index (κ3) is 4.07. The number of carbonyl (C=O) groups is 4. The number of nitrogen functional groups attached to an aromatic ring is 1. The van der Waals surface area contributed by atoms with Gasteiger partial charge in [-0.15, -0.1) is 23.1 Å². The zero-order valence-electron chi connectivity index (χ0n) is 15.7. The van der Waals surface area contributed by atoms with Gasteiger partial charge in [0.2, 0.25) is 0 Å². The monoisotopic (exact) mass is 454 g/mol. The van der Waals surface area contributed by atoms with Crippen LogP contribution in [0, 0.1) is 0 Å². The van der Waals surface area contributed by atoms with Crippen LogP contribution in [-0.2, 0) is 24.0 Å². The van der Waals surface area contributed by atoms with E-state index in [1.807, 2.05) is 0 Å². The van der Waals surface area contributed by atoms with E-state index in [1.54, 1.807) is 0 Å².